The van der Waals surface area contributed by atoms with Crippen molar-refractivity contribution in [2.24, 2.45) is 5.73 Å². The molecule has 0 radical (unpaired) electrons. The molecule has 1 atom stereocenters. The van der Waals surface area contributed by atoms with Gasteiger partial charge in [-0.25, -0.2) is 0 Å². The standard InChI is InChI=1S/C19H29N3O2/c1-13-12-15(19(24)21-16-6-4-3-5-7-16)9-10-17(13)22-18(23)11-8-14(2)20/h9-10,12,14,16H,3-8,11,20H2,1-2H3,(H,21,24)(H,22,23). The number of carbonyl (C=O) groups is 2. The summed E-state index contributed by atoms with van der Waals surface area (Å²) in [6.45, 7) is 3.79. The van der Waals surface area contributed by atoms with Crippen molar-refractivity contribution in [3.05, 3.63) is 29.3 Å². The number of carbonyl (C=O) groups excluding carboxylic acids is 2. The average molecular weight is 331 g/mol. The maximum Gasteiger partial charge on any atom is 0.251 e. The molecule has 0 saturated heterocycles. The second-order valence-electron chi connectivity index (χ2n) is 6.90. The van der Waals surface area contributed by atoms with E-state index in [1.807, 2.05) is 19.9 Å². The highest BCUT2D eigenvalue weighted by Crippen LogP contribution is 2.20. The molecular formula is C19H29N3O2. The molecule has 24 heavy (non-hydrogen) atoms. The van der Waals surface area contributed by atoms with Crippen molar-refractivity contribution in [1.82, 2.24) is 5.32 Å². The molecule has 0 heterocycles. The third-order valence-corrected chi connectivity index (χ3v) is 4.53. The van der Waals surface area contributed by atoms with E-state index in [2.05, 4.69) is 10.6 Å². The van der Waals surface area contributed by atoms with Gasteiger partial charge in [-0.1, -0.05) is 19.3 Å². The smallest absolute Gasteiger partial charge is 0.251 e. The van der Waals surface area contributed by atoms with Gasteiger partial charge in [-0.05, 0) is 56.9 Å². The van der Waals surface area contributed by atoms with Gasteiger partial charge in [-0.15, -0.1) is 0 Å². The van der Waals surface area contributed by atoms with Gasteiger partial charge in [0.25, 0.3) is 5.91 Å². The summed E-state index contributed by atoms with van der Waals surface area (Å²) in [4.78, 5) is 24.3. The number of aryl methyl sites for hydroxylation is 1. The van der Waals surface area contributed by atoms with E-state index >= 15 is 0 Å². The van der Waals surface area contributed by atoms with E-state index in [1.54, 1.807) is 12.1 Å². The van der Waals surface area contributed by atoms with Crippen molar-refractivity contribution in [3.8, 4) is 0 Å². The van der Waals surface area contributed by atoms with Gasteiger partial charge in [-0.3, -0.25) is 9.59 Å². The molecule has 2 rings (SSSR count). The van der Waals surface area contributed by atoms with Crippen LogP contribution in [0.5, 0.6) is 0 Å². The van der Waals surface area contributed by atoms with Gasteiger partial charge >= 0.3 is 0 Å². The van der Waals surface area contributed by atoms with Crippen LogP contribution in [0.2, 0.25) is 0 Å². The summed E-state index contributed by atoms with van der Waals surface area (Å²) in [7, 11) is 0. The molecule has 0 aromatic heterocycles. The fourth-order valence-corrected chi connectivity index (χ4v) is 3.03. The van der Waals surface area contributed by atoms with Gasteiger partial charge < -0.3 is 16.4 Å². The van der Waals surface area contributed by atoms with E-state index in [0.29, 0.717) is 24.4 Å². The van der Waals surface area contributed by atoms with Crippen LogP contribution in [0.25, 0.3) is 0 Å². The van der Waals surface area contributed by atoms with E-state index in [4.69, 9.17) is 5.73 Å². The minimum absolute atomic E-state index is 0.0164. The highest BCUT2D eigenvalue weighted by atomic mass is 16.2. The van der Waals surface area contributed by atoms with Crippen molar-refractivity contribution in [2.75, 3.05) is 5.32 Å². The van der Waals surface area contributed by atoms with Gasteiger partial charge in [0.1, 0.15) is 0 Å². The highest BCUT2D eigenvalue weighted by molar-refractivity contribution is 5.96. The zero-order valence-corrected chi connectivity index (χ0v) is 14.7. The Morgan fingerprint density at radius 1 is 1.25 bits per heavy atom. The Bertz CT molecular complexity index is 578. The number of rotatable bonds is 6. The summed E-state index contributed by atoms with van der Waals surface area (Å²) >= 11 is 0. The summed E-state index contributed by atoms with van der Waals surface area (Å²) in [6.07, 6.45) is 6.85. The van der Waals surface area contributed by atoms with Crippen molar-refractivity contribution < 1.29 is 9.59 Å². The van der Waals surface area contributed by atoms with Gasteiger partial charge in [0, 0.05) is 29.8 Å². The minimum atomic E-state index is -0.0465. The van der Waals surface area contributed by atoms with Crippen LogP contribution in [0.15, 0.2) is 18.2 Å². The quantitative estimate of drug-likeness (QED) is 0.749. The number of anilines is 1. The Kier molecular flexibility index (Phi) is 6.79. The molecule has 1 aromatic rings. The van der Waals surface area contributed by atoms with Crippen molar-refractivity contribution in [2.45, 2.75) is 70.9 Å². The van der Waals surface area contributed by atoms with E-state index in [-0.39, 0.29) is 17.9 Å². The lowest BCUT2D eigenvalue weighted by atomic mass is 9.95. The molecule has 0 aliphatic heterocycles. The molecule has 1 aromatic carbocycles. The summed E-state index contributed by atoms with van der Waals surface area (Å²) < 4.78 is 0. The maximum absolute atomic E-state index is 12.4. The molecule has 1 unspecified atom stereocenters. The van der Waals surface area contributed by atoms with Gasteiger partial charge in [0.05, 0.1) is 0 Å². The maximum atomic E-state index is 12.4. The van der Waals surface area contributed by atoms with Crippen LogP contribution in [-0.4, -0.2) is 23.9 Å². The lowest BCUT2D eigenvalue weighted by Crippen LogP contribution is -2.36. The first-order valence-electron chi connectivity index (χ1n) is 8.92. The third kappa shape index (κ3) is 5.64. The summed E-state index contributed by atoms with van der Waals surface area (Å²) in [5.74, 6) is -0.0744. The number of hydrogen-bond acceptors (Lipinski definition) is 3. The van der Waals surface area contributed by atoms with Crippen LogP contribution < -0.4 is 16.4 Å². The predicted molar refractivity (Wildman–Crippen MR) is 97.0 cm³/mol. The van der Waals surface area contributed by atoms with Crippen LogP contribution in [0.1, 0.15) is 67.8 Å². The molecule has 2 amide bonds. The number of nitrogens with two attached hydrogens (primary N) is 1. The van der Waals surface area contributed by atoms with Crippen LogP contribution in [-0.2, 0) is 4.79 Å². The summed E-state index contributed by atoms with van der Waals surface area (Å²) in [5.41, 5.74) is 7.95. The first-order valence-corrected chi connectivity index (χ1v) is 8.92. The SMILES string of the molecule is Cc1cc(C(=O)NC2CCCCC2)ccc1NC(=O)CCC(C)N. The fraction of sp³-hybridized carbons (Fsp3) is 0.579. The first-order chi connectivity index (χ1) is 11.5. The summed E-state index contributed by atoms with van der Waals surface area (Å²) in [5, 5.41) is 6.00. The Balaban J connectivity index is 1.93. The van der Waals surface area contributed by atoms with Gasteiger partial charge in [0.15, 0.2) is 0 Å². The molecule has 0 bridgehead atoms. The Morgan fingerprint density at radius 3 is 2.58 bits per heavy atom. The fourth-order valence-electron chi connectivity index (χ4n) is 3.03. The van der Waals surface area contributed by atoms with Gasteiger partial charge in [-0.2, -0.15) is 0 Å². The Morgan fingerprint density at radius 2 is 1.96 bits per heavy atom. The second-order valence-corrected chi connectivity index (χ2v) is 6.90. The molecule has 0 spiro atoms. The topological polar surface area (TPSA) is 84.2 Å². The monoisotopic (exact) mass is 331 g/mol. The molecule has 1 fully saturated rings. The number of benzene rings is 1. The van der Waals surface area contributed by atoms with Gasteiger partial charge in [0.2, 0.25) is 5.91 Å². The van der Waals surface area contributed by atoms with E-state index in [0.717, 1.165) is 24.1 Å². The van der Waals surface area contributed by atoms with Crippen LogP contribution >= 0.6 is 0 Å². The van der Waals surface area contributed by atoms with Crippen LogP contribution in [0.4, 0.5) is 5.69 Å². The van der Waals surface area contributed by atoms with E-state index in [1.165, 1.54) is 19.3 Å². The van der Waals surface area contributed by atoms with E-state index < -0.39 is 0 Å². The molecule has 1 aliphatic rings. The zero-order valence-electron chi connectivity index (χ0n) is 14.7. The van der Waals surface area contributed by atoms with Crippen LogP contribution in [0.3, 0.4) is 0 Å². The molecule has 1 saturated carbocycles. The first kappa shape index (κ1) is 18.5. The summed E-state index contributed by atoms with van der Waals surface area (Å²) in [6, 6.07) is 5.72. The van der Waals surface area contributed by atoms with Crippen molar-refractivity contribution in [1.29, 1.82) is 0 Å². The normalized spacial score (nSPS) is 16.5. The van der Waals surface area contributed by atoms with Crippen LogP contribution in [0, 0.1) is 6.92 Å². The molecule has 5 nitrogen and oxygen atoms in total. The number of nitrogens with one attached hydrogen (secondary N) is 2. The highest BCUT2D eigenvalue weighted by Gasteiger charge is 2.17. The largest absolute Gasteiger partial charge is 0.349 e. The predicted octanol–water partition coefficient (Wildman–Crippen LogP) is 3.12. The number of amides is 2. The molecule has 132 valence electrons. The molecule has 4 N–H and O–H groups in total. The lowest BCUT2D eigenvalue weighted by molar-refractivity contribution is -0.116. The lowest BCUT2D eigenvalue weighted by Gasteiger charge is -2.23. The third-order valence-electron chi connectivity index (χ3n) is 4.53. The second kappa shape index (κ2) is 8.83. The Labute approximate surface area is 144 Å². The minimum Gasteiger partial charge on any atom is -0.349 e. The zero-order chi connectivity index (χ0) is 17.5. The Hall–Kier alpha value is -1.88. The molecule has 1 aliphatic carbocycles. The average Bonchev–Trinajstić information content (AvgIpc) is 2.55. The van der Waals surface area contributed by atoms with Crippen molar-refractivity contribution in [3.63, 3.8) is 0 Å². The number of hydrogen-bond donors (Lipinski definition) is 3. The van der Waals surface area contributed by atoms with E-state index in [9.17, 15) is 9.59 Å². The molecular weight excluding hydrogens is 302 g/mol. The van der Waals surface area contributed by atoms with Crippen molar-refractivity contribution >= 4 is 17.5 Å². The molecule has 5 heteroatoms.